The van der Waals surface area contributed by atoms with Crippen molar-refractivity contribution in [3.05, 3.63) is 24.0 Å². The average Bonchev–Trinajstić information content (AvgIpc) is 2.95. The SMILES string of the molecule is CCNc1ccnc(C(=O)NCC2CC2(C)C)c1. The van der Waals surface area contributed by atoms with Gasteiger partial charge in [-0.25, -0.2) is 0 Å². The summed E-state index contributed by atoms with van der Waals surface area (Å²) in [6, 6.07) is 3.65. The highest BCUT2D eigenvalue weighted by Crippen LogP contribution is 2.50. The van der Waals surface area contributed by atoms with Crippen molar-refractivity contribution in [1.29, 1.82) is 0 Å². The van der Waals surface area contributed by atoms with Crippen molar-refractivity contribution in [2.24, 2.45) is 11.3 Å². The molecule has 0 spiro atoms. The van der Waals surface area contributed by atoms with E-state index in [1.165, 1.54) is 6.42 Å². The van der Waals surface area contributed by atoms with Crippen molar-refractivity contribution in [2.75, 3.05) is 18.4 Å². The van der Waals surface area contributed by atoms with Crippen LogP contribution in [0, 0.1) is 11.3 Å². The molecule has 1 amide bonds. The number of aromatic nitrogens is 1. The van der Waals surface area contributed by atoms with Crippen LogP contribution in [-0.4, -0.2) is 24.0 Å². The first kappa shape index (κ1) is 12.9. The van der Waals surface area contributed by atoms with E-state index in [1.54, 1.807) is 12.3 Å². The molecule has 1 aliphatic carbocycles. The summed E-state index contributed by atoms with van der Waals surface area (Å²) in [5.74, 6) is 0.524. The van der Waals surface area contributed by atoms with E-state index < -0.39 is 0 Å². The molecule has 1 atom stereocenters. The van der Waals surface area contributed by atoms with Gasteiger partial charge in [-0.05, 0) is 36.8 Å². The zero-order chi connectivity index (χ0) is 13.2. The number of carbonyl (C=O) groups is 1. The van der Waals surface area contributed by atoms with Crippen molar-refractivity contribution in [3.63, 3.8) is 0 Å². The molecule has 0 aliphatic heterocycles. The summed E-state index contributed by atoms with van der Waals surface area (Å²) >= 11 is 0. The lowest BCUT2D eigenvalue weighted by Crippen LogP contribution is -2.27. The molecule has 1 unspecified atom stereocenters. The molecule has 2 rings (SSSR count). The molecular weight excluding hydrogens is 226 g/mol. The van der Waals surface area contributed by atoms with Crippen LogP contribution in [0.2, 0.25) is 0 Å². The Morgan fingerprint density at radius 3 is 2.89 bits per heavy atom. The highest BCUT2D eigenvalue weighted by Gasteiger charge is 2.45. The van der Waals surface area contributed by atoms with Crippen LogP contribution < -0.4 is 10.6 Å². The summed E-state index contributed by atoms with van der Waals surface area (Å²) < 4.78 is 0. The Labute approximate surface area is 108 Å². The number of nitrogens with zero attached hydrogens (tertiary/aromatic N) is 1. The van der Waals surface area contributed by atoms with Gasteiger partial charge in [-0.15, -0.1) is 0 Å². The Kier molecular flexibility index (Phi) is 3.55. The number of hydrogen-bond donors (Lipinski definition) is 2. The van der Waals surface area contributed by atoms with E-state index in [2.05, 4.69) is 29.5 Å². The van der Waals surface area contributed by atoms with Crippen LogP contribution in [0.5, 0.6) is 0 Å². The number of carbonyl (C=O) groups excluding carboxylic acids is 1. The molecule has 1 saturated carbocycles. The first-order chi connectivity index (χ1) is 8.53. The van der Waals surface area contributed by atoms with Crippen LogP contribution in [0.25, 0.3) is 0 Å². The van der Waals surface area contributed by atoms with Gasteiger partial charge in [0.15, 0.2) is 0 Å². The van der Waals surface area contributed by atoms with Gasteiger partial charge in [0.25, 0.3) is 5.91 Å². The van der Waals surface area contributed by atoms with Crippen LogP contribution >= 0.6 is 0 Å². The van der Waals surface area contributed by atoms with Crippen molar-refractivity contribution < 1.29 is 4.79 Å². The lowest BCUT2D eigenvalue weighted by atomic mass is 10.1. The fraction of sp³-hybridized carbons (Fsp3) is 0.571. The number of nitrogens with one attached hydrogen (secondary N) is 2. The van der Waals surface area contributed by atoms with Gasteiger partial charge in [0, 0.05) is 25.0 Å². The molecule has 1 aromatic rings. The molecule has 18 heavy (non-hydrogen) atoms. The monoisotopic (exact) mass is 247 g/mol. The Morgan fingerprint density at radius 2 is 2.28 bits per heavy atom. The molecule has 0 aromatic carbocycles. The fourth-order valence-corrected chi connectivity index (χ4v) is 2.10. The standard InChI is InChI=1S/C14H21N3O/c1-4-15-11-5-6-16-12(7-11)13(18)17-9-10-8-14(10,2)3/h5-7,10H,4,8-9H2,1-3H3,(H,15,16)(H,17,18). The van der Waals surface area contributed by atoms with Gasteiger partial charge in [0.2, 0.25) is 0 Å². The van der Waals surface area contributed by atoms with Crippen LogP contribution in [0.4, 0.5) is 5.69 Å². The Hall–Kier alpha value is -1.58. The molecule has 98 valence electrons. The quantitative estimate of drug-likeness (QED) is 0.839. The van der Waals surface area contributed by atoms with Gasteiger partial charge < -0.3 is 10.6 Å². The number of hydrogen-bond acceptors (Lipinski definition) is 3. The van der Waals surface area contributed by atoms with Crippen LogP contribution in [0.15, 0.2) is 18.3 Å². The first-order valence-electron chi connectivity index (χ1n) is 6.51. The molecule has 1 aliphatic rings. The minimum absolute atomic E-state index is 0.0857. The largest absolute Gasteiger partial charge is 0.385 e. The summed E-state index contributed by atoms with van der Waals surface area (Å²) in [6.07, 6.45) is 2.85. The second-order valence-corrected chi connectivity index (χ2v) is 5.56. The summed E-state index contributed by atoms with van der Waals surface area (Å²) in [6.45, 7) is 8.07. The van der Waals surface area contributed by atoms with Gasteiger partial charge in [-0.3, -0.25) is 9.78 Å². The third kappa shape index (κ3) is 3.00. The normalized spacial score (nSPS) is 20.3. The van der Waals surface area contributed by atoms with E-state index in [0.717, 1.165) is 18.8 Å². The predicted molar refractivity (Wildman–Crippen MR) is 72.6 cm³/mol. The fourth-order valence-electron chi connectivity index (χ4n) is 2.10. The van der Waals surface area contributed by atoms with E-state index in [0.29, 0.717) is 17.0 Å². The Bertz CT molecular complexity index is 442. The molecule has 4 nitrogen and oxygen atoms in total. The highest BCUT2D eigenvalue weighted by atomic mass is 16.1. The topological polar surface area (TPSA) is 54.0 Å². The van der Waals surface area contributed by atoms with Crippen molar-refractivity contribution >= 4 is 11.6 Å². The second kappa shape index (κ2) is 4.96. The lowest BCUT2D eigenvalue weighted by Gasteiger charge is -2.07. The minimum atomic E-state index is -0.0857. The molecular formula is C14H21N3O. The molecule has 0 bridgehead atoms. The third-order valence-corrected chi connectivity index (χ3v) is 3.60. The summed E-state index contributed by atoms with van der Waals surface area (Å²) in [5, 5.41) is 6.13. The second-order valence-electron chi connectivity index (χ2n) is 5.56. The third-order valence-electron chi connectivity index (χ3n) is 3.60. The number of anilines is 1. The zero-order valence-corrected chi connectivity index (χ0v) is 11.3. The minimum Gasteiger partial charge on any atom is -0.385 e. The van der Waals surface area contributed by atoms with E-state index in [9.17, 15) is 4.79 Å². The van der Waals surface area contributed by atoms with Crippen molar-refractivity contribution in [2.45, 2.75) is 27.2 Å². The molecule has 1 fully saturated rings. The molecule has 1 aromatic heterocycles. The smallest absolute Gasteiger partial charge is 0.269 e. The predicted octanol–water partition coefficient (Wildman–Crippen LogP) is 2.29. The van der Waals surface area contributed by atoms with Gasteiger partial charge >= 0.3 is 0 Å². The van der Waals surface area contributed by atoms with Crippen molar-refractivity contribution in [1.82, 2.24) is 10.3 Å². The van der Waals surface area contributed by atoms with Gasteiger partial charge in [0.1, 0.15) is 5.69 Å². The molecule has 0 radical (unpaired) electrons. The maximum absolute atomic E-state index is 11.9. The highest BCUT2D eigenvalue weighted by molar-refractivity contribution is 5.93. The van der Waals surface area contributed by atoms with Crippen LogP contribution in [0.3, 0.4) is 0 Å². The number of rotatable bonds is 5. The van der Waals surface area contributed by atoms with Gasteiger partial charge in [-0.2, -0.15) is 0 Å². The van der Waals surface area contributed by atoms with Gasteiger partial charge in [0.05, 0.1) is 0 Å². The molecule has 4 heteroatoms. The van der Waals surface area contributed by atoms with E-state index in [1.807, 2.05) is 13.0 Å². The summed E-state index contributed by atoms with van der Waals surface area (Å²) in [4.78, 5) is 16.0. The van der Waals surface area contributed by atoms with E-state index in [-0.39, 0.29) is 5.91 Å². The van der Waals surface area contributed by atoms with Gasteiger partial charge in [-0.1, -0.05) is 13.8 Å². The maximum atomic E-state index is 11.9. The first-order valence-corrected chi connectivity index (χ1v) is 6.51. The molecule has 0 saturated heterocycles. The Morgan fingerprint density at radius 1 is 1.56 bits per heavy atom. The molecule has 1 heterocycles. The van der Waals surface area contributed by atoms with E-state index in [4.69, 9.17) is 0 Å². The van der Waals surface area contributed by atoms with Crippen molar-refractivity contribution in [3.8, 4) is 0 Å². The lowest BCUT2D eigenvalue weighted by molar-refractivity contribution is 0.0945. The molecule has 2 N–H and O–H groups in total. The van der Waals surface area contributed by atoms with Crippen LogP contribution in [0.1, 0.15) is 37.7 Å². The summed E-state index contributed by atoms with van der Waals surface area (Å²) in [7, 11) is 0. The van der Waals surface area contributed by atoms with Crippen LogP contribution in [-0.2, 0) is 0 Å². The average molecular weight is 247 g/mol. The maximum Gasteiger partial charge on any atom is 0.269 e. The number of pyridine rings is 1. The zero-order valence-electron chi connectivity index (χ0n) is 11.3. The summed E-state index contributed by atoms with van der Waals surface area (Å²) in [5.41, 5.74) is 1.81. The Balaban J connectivity index is 1.90. The number of amides is 1. The van der Waals surface area contributed by atoms with E-state index >= 15 is 0 Å².